The fourth-order valence-corrected chi connectivity index (χ4v) is 2.42. The molecule has 1 saturated carbocycles. The van der Waals surface area contributed by atoms with E-state index in [0.29, 0.717) is 0 Å². The summed E-state index contributed by atoms with van der Waals surface area (Å²) in [5.74, 6) is 1.02. The van der Waals surface area contributed by atoms with Gasteiger partial charge in [-0.15, -0.1) is 0 Å². The Morgan fingerprint density at radius 1 is 1.19 bits per heavy atom. The van der Waals surface area contributed by atoms with Gasteiger partial charge in [-0.25, -0.2) is 4.98 Å². The highest BCUT2D eigenvalue weighted by Gasteiger charge is 2.19. The molecule has 1 aliphatic carbocycles. The van der Waals surface area contributed by atoms with Crippen LogP contribution in [-0.2, 0) is 13.1 Å². The number of benzene rings is 1. The van der Waals surface area contributed by atoms with Crippen LogP contribution in [-0.4, -0.2) is 18.1 Å². The van der Waals surface area contributed by atoms with E-state index in [1.165, 1.54) is 29.5 Å². The Balaban J connectivity index is 1.61. The van der Waals surface area contributed by atoms with E-state index in [2.05, 4.69) is 65.6 Å². The van der Waals surface area contributed by atoms with Crippen LogP contribution in [0.3, 0.4) is 0 Å². The molecule has 110 valence electrons. The second kappa shape index (κ2) is 6.27. The lowest BCUT2D eigenvalue weighted by Gasteiger charge is -2.19. The molecular formula is C18H23N3. The molecule has 0 atom stereocenters. The summed E-state index contributed by atoms with van der Waals surface area (Å²) in [7, 11) is 2.09. The van der Waals surface area contributed by atoms with Crippen LogP contribution in [0.15, 0.2) is 42.6 Å². The minimum Gasteiger partial charge on any atom is -0.355 e. The Morgan fingerprint density at radius 2 is 2.00 bits per heavy atom. The zero-order chi connectivity index (χ0) is 14.7. The highest BCUT2D eigenvalue weighted by molar-refractivity contribution is 5.40. The van der Waals surface area contributed by atoms with Crippen molar-refractivity contribution in [2.24, 2.45) is 0 Å². The third kappa shape index (κ3) is 3.82. The van der Waals surface area contributed by atoms with Crippen LogP contribution >= 0.6 is 0 Å². The first-order chi connectivity index (χ1) is 10.2. The normalized spacial score (nSPS) is 14.2. The zero-order valence-corrected chi connectivity index (χ0v) is 12.8. The van der Waals surface area contributed by atoms with Crippen LogP contribution in [0.1, 0.15) is 29.5 Å². The van der Waals surface area contributed by atoms with E-state index in [1.807, 2.05) is 6.20 Å². The highest BCUT2D eigenvalue weighted by Crippen LogP contribution is 2.20. The fraction of sp³-hybridized carbons (Fsp3) is 0.389. The predicted octanol–water partition coefficient (Wildman–Crippen LogP) is 3.28. The van der Waals surface area contributed by atoms with E-state index in [1.54, 1.807) is 0 Å². The lowest BCUT2D eigenvalue weighted by atomic mass is 10.1. The van der Waals surface area contributed by atoms with Gasteiger partial charge in [-0.2, -0.15) is 0 Å². The number of hydrogen-bond acceptors (Lipinski definition) is 3. The molecule has 3 heteroatoms. The van der Waals surface area contributed by atoms with Crippen molar-refractivity contribution in [3.63, 3.8) is 0 Å². The molecule has 1 N–H and O–H groups in total. The summed E-state index contributed by atoms with van der Waals surface area (Å²) in [6.07, 6.45) is 4.63. The number of aromatic nitrogens is 1. The number of nitrogens with zero attached hydrogens (tertiary/aromatic N) is 2. The van der Waals surface area contributed by atoms with Gasteiger partial charge in [-0.3, -0.25) is 0 Å². The maximum absolute atomic E-state index is 4.59. The summed E-state index contributed by atoms with van der Waals surface area (Å²) in [4.78, 5) is 6.78. The number of rotatable bonds is 6. The molecule has 0 amide bonds. The van der Waals surface area contributed by atoms with Crippen molar-refractivity contribution in [3.8, 4) is 0 Å². The molecule has 1 aliphatic rings. The van der Waals surface area contributed by atoms with Crippen LogP contribution in [0.5, 0.6) is 0 Å². The second-order valence-electron chi connectivity index (χ2n) is 5.96. The number of nitrogens with one attached hydrogen (secondary N) is 1. The topological polar surface area (TPSA) is 28.2 Å². The Morgan fingerprint density at radius 3 is 2.67 bits per heavy atom. The van der Waals surface area contributed by atoms with E-state index in [4.69, 9.17) is 0 Å². The average molecular weight is 281 g/mol. The third-order valence-electron chi connectivity index (χ3n) is 4.04. The maximum atomic E-state index is 4.59. The van der Waals surface area contributed by atoms with Gasteiger partial charge in [0.25, 0.3) is 0 Å². The Hall–Kier alpha value is -1.87. The molecule has 0 saturated heterocycles. The maximum Gasteiger partial charge on any atom is 0.128 e. The Kier molecular flexibility index (Phi) is 4.20. The minimum absolute atomic E-state index is 0.744. The van der Waals surface area contributed by atoms with E-state index < -0.39 is 0 Å². The summed E-state index contributed by atoms with van der Waals surface area (Å²) < 4.78 is 0. The molecule has 2 aromatic rings. The number of hydrogen-bond donors (Lipinski definition) is 1. The quantitative estimate of drug-likeness (QED) is 0.880. The van der Waals surface area contributed by atoms with Crippen molar-refractivity contribution in [2.75, 3.05) is 11.9 Å². The van der Waals surface area contributed by atoms with Crippen LogP contribution in [0.4, 0.5) is 5.82 Å². The van der Waals surface area contributed by atoms with Crippen molar-refractivity contribution in [1.82, 2.24) is 10.3 Å². The molecule has 0 spiro atoms. The van der Waals surface area contributed by atoms with Crippen LogP contribution in [0.25, 0.3) is 0 Å². The smallest absolute Gasteiger partial charge is 0.128 e. The van der Waals surface area contributed by atoms with Gasteiger partial charge in [0.2, 0.25) is 0 Å². The Labute approximate surface area is 127 Å². The third-order valence-corrected chi connectivity index (χ3v) is 4.04. The number of aryl methyl sites for hydroxylation is 1. The van der Waals surface area contributed by atoms with Crippen molar-refractivity contribution in [2.45, 2.75) is 38.9 Å². The van der Waals surface area contributed by atoms with Crippen LogP contribution in [0.2, 0.25) is 0 Å². The molecule has 0 aliphatic heterocycles. The molecule has 21 heavy (non-hydrogen) atoms. The van der Waals surface area contributed by atoms with Gasteiger partial charge in [0, 0.05) is 32.4 Å². The molecule has 3 nitrogen and oxygen atoms in total. The summed E-state index contributed by atoms with van der Waals surface area (Å²) in [6.45, 7) is 3.97. The van der Waals surface area contributed by atoms with Crippen molar-refractivity contribution >= 4 is 5.82 Å². The van der Waals surface area contributed by atoms with Crippen LogP contribution < -0.4 is 10.2 Å². The van der Waals surface area contributed by atoms with Gasteiger partial charge in [0.1, 0.15) is 5.82 Å². The summed E-state index contributed by atoms with van der Waals surface area (Å²) in [5, 5.41) is 3.52. The fourth-order valence-electron chi connectivity index (χ4n) is 2.42. The monoisotopic (exact) mass is 281 g/mol. The van der Waals surface area contributed by atoms with E-state index >= 15 is 0 Å². The molecule has 1 aromatic carbocycles. The van der Waals surface area contributed by atoms with Crippen molar-refractivity contribution in [1.29, 1.82) is 0 Å². The molecule has 3 rings (SSSR count). The highest BCUT2D eigenvalue weighted by atomic mass is 15.2. The minimum atomic E-state index is 0.744. The molecule has 0 unspecified atom stereocenters. The first-order valence-electron chi connectivity index (χ1n) is 7.66. The first kappa shape index (κ1) is 14.1. The van der Waals surface area contributed by atoms with Crippen molar-refractivity contribution < 1.29 is 0 Å². The van der Waals surface area contributed by atoms with Gasteiger partial charge < -0.3 is 10.2 Å². The van der Waals surface area contributed by atoms with Gasteiger partial charge >= 0.3 is 0 Å². The summed E-state index contributed by atoms with van der Waals surface area (Å²) in [6, 6.07) is 13.5. The first-order valence-corrected chi connectivity index (χ1v) is 7.66. The lowest BCUT2D eigenvalue weighted by Crippen LogP contribution is -2.19. The average Bonchev–Trinajstić information content (AvgIpc) is 3.32. The zero-order valence-electron chi connectivity index (χ0n) is 12.8. The van der Waals surface area contributed by atoms with Gasteiger partial charge in [0.05, 0.1) is 0 Å². The lowest BCUT2D eigenvalue weighted by molar-refractivity contribution is 0.685. The van der Waals surface area contributed by atoms with E-state index in [-0.39, 0.29) is 0 Å². The SMILES string of the molecule is Cc1ccccc1CN(C)c1ccc(CNC2CC2)cn1. The summed E-state index contributed by atoms with van der Waals surface area (Å²) >= 11 is 0. The standard InChI is InChI=1S/C18H23N3/c1-14-5-3-4-6-16(14)13-21(2)18-10-7-15(12-20-18)11-19-17-8-9-17/h3-7,10,12,17,19H,8-9,11,13H2,1-2H3. The van der Waals surface area contributed by atoms with Gasteiger partial charge in [-0.1, -0.05) is 30.3 Å². The number of pyridine rings is 1. The summed E-state index contributed by atoms with van der Waals surface area (Å²) in [5.41, 5.74) is 3.94. The Bertz CT molecular complexity index is 588. The molecule has 1 fully saturated rings. The van der Waals surface area contributed by atoms with E-state index in [0.717, 1.165) is 24.9 Å². The predicted molar refractivity (Wildman–Crippen MR) is 87.4 cm³/mol. The molecule has 0 radical (unpaired) electrons. The molecule has 1 aromatic heterocycles. The van der Waals surface area contributed by atoms with Crippen molar-refractivity contribution in [3.05, 3.63) is 59.3 Å². The van der Waals surface area contributed by atoms with Crippen LogP contribution in [0, 0.1) is 6.92 Å². The molecule has 0 bridgehead atoms. The van der Waals surface area contributed by atoms with Gasteiger partial charge in [-0.05, 0) is 42.5 Å². The molecular weight excluding hydrogens is 258 g/mol. The van der Waals surface area contributed by atoms with E-state index in [9.17, 15) is 0 Å². The second-order valence-corrected chi connectivity index (χ2v) is 5.96. The largest absolute Gasteiger partial charge is 0.355 e. The number of anilines is 1. The van der Waals surface area contributed by atoms with Gasteiger partial charge in [0.15, 0.2) is 0 Å². The molecule has 1 heterocycles.